The van der Waals surface area contributed by atoms with Gasteiger partial charge in [-0.05, 0) is 18.8 Å². The van der Waals surface area contributed by atoms with Crippen molar-refractivity contribution in [3.63, 3.8) is 0 Å². The van der Waals surface area contributed by atoms with E-state index in [2.05, 4.69) is 17.6 Å². The number of ether oxygens (including phenoxy) is 1. The maximum atomic E-state index is 10.4. The number of aliphatic hydroxyl groups is 1. The number of hydrogen-bond acceptors (Lipinski definition) is 4. The van der Waals surface area contributed by atoms with Crippen molar-refractivity contribution in [3.05, 3.63) is 0 Å². The van der Waals surface area contributed by atoms with Crippen LogP contribution in [-0.2, 0) is 4.74 Å². The molecule has 19 heavy (non-hydrogen) atoms. The van der Waals surface area contributed by atoms with Gasteiger partial charge in [-0.2, -0.15) is 0 Å². The molecule has 0 saturated heterocycles. The molecule has 0 bridgehead atoms. The standard InChI is InChI=1S/C13H27N3O3/c1-10-4-2-3-5-12(10)19-9-11(17)8-15-6-7-16-13(14)18/h10-12,15,17H,2-9H2,1H3,(H3,14,16,18). The minimum Gasteiger partial charge on any atom is -0.389 e. The van der Waals surface area contributed by atoms with Crippen LogP contribution in [0.3, 0.4) is 0 Å². The highest BCUT2D eigenvalue weighted by Crippen LogP contribution is 2.26. The molecule has 1 rings (SSSR count). The monoisotopic (exact) mass is 273 g/mol. The molecule has 0 aromatic carbocycles. The zero-order valence-electron chi connectivity index (χ0n) is 11.7. The van der Waals surface area contributed by atoms with Gasteiger partial charge < -0.3 is 26.2 Å². The summed E-state index contributed by atoms with van der Waals surface area (Å²) in [4.78, 5) is 10.4. The second kappa shape index (κ2) is 9.12. The van der Waals surface area contributed by atoms with E-state index in [0.717, 1.165) is 6.42 Å². The number of urea groups is 1. The Kier molecular flexibility index (Phi) is 7.78. The molecule has 112 valence electrons. The fourth-order valence-electron chi connectivity index (χ4n) is 2.37. The minimum absolute atomic E-state index is 0.292. The number of hydrogen-bond donors (Lipinski definition) is 4. The largest absolute Gasteiger partial charge is 0.389 e. The van der Waals surface area contributed by atoms with Crippen molar-refractivity contribution >= 4 is 6.03 Å². The molecular weight excluding hydrogens is 246 g/mol. The van der Waals surface area contributed by atoms with Crippen LogP contribution in [0.2, 0.25) is 0 Å². The van der Waals surface area contributed by atoms with Gasteiger partial charge in [-0.3, -0.25) is 0 Å². The van der Waals surface area contributed by atoms with Crippen LogP contribution in [-0.4, -0.2) is 49.6 Å². The maximum Gasteiger partial charge on any atom is 0.312 e. The summed E-state index contributed by atoms with van der Waals surface area (Å²) in [5, 5.41) is 15.3. The Balaban J connectivity index is 2.01. The topological polar surface area (TPSA) is 96.6 Å². The maximum absolute atomic E-state index is 10.4. The zero-order chi connectivity index (χ0) is 14.1. The highest BCUT2D eigenvalue weighted by atomic mass is 16.5. The van der Waals surface area contributed by atoms with Crippen LogP contribution in [0.1, 0.15) is 32.6 Å². The zero-order valence-corrected chi connectivity index (χ0v) is 11.7. The third-order valence-electron chi connectivity index (χ3n) is 3.52. The van der Waals surface area contributed by atoms with E-state index >= 15 is 0 Å². The van der Waals surface area contributed by atoms with Crippen molar-refractivity contribution in [2.45, 2.75) is 44.8 Å². The predicted octanol–water partition coefficient (Wildman–Crippen LogP) is 0.201. The first kappa shape index (κ1) is 16.2. The van der Waals surface area contributed by atoms with Crippen LogP contribution >= 0.6 is 0 Å². The van der Waals surface area contributed by atoms with Crippen LogP contribution in [0, 0.1) is 5.92 Å². The molecule has 5 N–H and O–H groups in total. The van der Waals surface area contributed by atoms with E-state index < -0.39 is 12.1 Å². The van der Waals surface area contributed by atoms with Gasteiger partial charge in [0.1, 0.15) is 0 Å². The Morgan fingerprint density at radius 1 is 1.42 bits per heavy atom. The molecule has 1 aliphatic rings. The van der Waals surface area contributed by atoms with Crippen molar-refractivity contribution in [3.8, 4) is 0 Å². The van der Waals surface area contributed by atoms with Crippen LogP contribution in [0.4, 0.5) is 4.79 Å². The number of aliphatic hydroxyl groups excluding tert-OH is 1. The van der Waals surface area contributed by atoms with E-state index in [1.54, 1.807) is 0 Å². The molecule has 6 nitrogen and oxygen atoms in total. The molecule has 2 amide bonds. The Morgan fingerprint density at radius 3 is 2.84 bits per heavy atom. The van der Waals surface area contributed by atoms with Crippen LogP contribution in [0.25, 0.3) is 0 Å². The summed E-state index contributed by atoms with van der Waals surface area (Å²) in [6.45, 7) is 4.08. The van der Waals surface area contributed by atoms with Gasteiger partial charge in [-0.1, -0.05) is 19.8 Å². The van der Waals surface area contributed by atoms with Crippen LogP contribution in [0.5, 0.6) is 0 Å². The average molecular weight is 273 g/mol. The Hall–Kier alpha value is -0.850. The minimum atomic E-state index is -0.531. The van der Waals surface area contributed by atoms with Crippen molar-refractivity contribution in [2.75, 3.05) is 26.2 Å². The average Bonchev–Trinajstić information content (AvgIpc) is 2.37. The quantitative estimate of drug-likeness (QED) is 0.475. The first-order chi connectivity index (χ1) is 9.09. The lowest BCUT2D eigenvalue weighted by Crippen LogP contribution is -2.39. The van der Waals surface area contributed by atoms with Crippen molar-refractivity contribution in [2.24, 2.45) is 11.7 Å². The normalized spacial score (nSPS) is 24.9. The number of carbonyl (C=O) groups is 1. The summed E-state index contributed by atoms with van der Waals surface area (Å²) in [5.41, 5.74) is 4.93. The number of rotatable bonds is 8. The Bertz CT molecular complexity index is 264. The highest BCUT2D eigenvalue weighted by molar-refractivity contribution is 5.71. The van der Waals surface area contributed by atoms with E-state index in [9.17, 15) is 9.90 Å². The van der Waals surface area contributed by atoms with Crippen molar-refractivity contribution in [1.82, 2.24) is 10.6 Å². The first-order valence-electron chi connectivity index (χ1n) is 7.13. The predicted molar refractivity (Wildman–Crippen MR) is 73.8 cm³/mol. The lowest BCUT2D eigenvalue weighted by atomic mass is 9.88. The van der Waals surface area contributed by atoms with E-state index in [-0.39, 0.29) is 0 Å². The molecule has 3 unspecified atom stereocenters. The van der Waals surface area contributed by atoms with Gasteiger partial charge in [-0.25, -0.2) is 4.79 Å². The molecular formula is C13H27N3O3. The van der Waals surface area contributed by atoms with Gasteiger partial charge >= 0.3 is 6.03 Å². The summed E-state index contributed by atoms with van der Waals surface area (Å²) in [6, 6.07) is -0.531. The van der Waals surface area contributed by atoms with E-state index in [4.69, 9.17) is 10.5 Å². The number of nitrogens with two attached hydrogens (primary N) is 1. The summed E-state index contributed by atoms with van der Waals surface area (Å²) >= 11 is 0. The van der Waals surface area contributed by atoms with Crippen LogP contribution in [0.15, 0.2) is 0 Å². The molecule has 6 heteroatoms. The summed E-state index contributed by atoms with van der Waals surface area (Å²) in [6.07, 6.45) is 4.62. The number of amides is 2. The first-order valence-corrected chi connectivity index (χ1v) is 7.13. The van der Waals surface area contributed by atoms with Crippen LogP contribution < -0.4 is 16.4 Å². The summed E-state index contributed by atoms with van der Waals surface area (Å²) in [5.74, 6) is 0.591. The number of primary amides is 1. The number of carbonyl (C=O) groups excluding carboxylic acids is 1. The molecule has 1 fully saturated rings. The fraction of sp³-hybridized carbons (Fsp3) is 0.923. The Labute approximate surface area is 115 Å². The molecule has 0 aromatic heterocycles. The summed E-state index contributed by atoms with van der Waals surface area (Å²) < 4.78 is 5.77. The SMILES string of the molecule is CC1CCCCC1OCC(O)CNCCNC(N)=O. The van der Waals surface area contributed by atoms with Gasteiger partial charge in [-0.15, -0.1) is 0 Å². The molecule has 0 aromatic rings. The van der Waals surface area contributed by atoms with Crippen molar-refractivity contribution < 1.29 is 14.6 Å². The van der Waals surface area contributed by atoms with Gasteiger partial charge in [0.15, 0.2) is 0 Å². The Morgan fingerprint density at radius 2 is 2.16 bits per heavy atom. The second-order valence-corrected chi connectivity index (χ2v) is 5.28. The lowest BCUT2D eigenvalue weighted by Gasteiger charge is -2.29. The molecule has 0 radical (unpaired) electrons. The fourth-order valence-corrected chi connectivity index (χ4v) is 2.37. The molecule has 0 aliphatic heterocycles. The lowest BCUT2D eigenvalue weighted by molar-refractivity contribution is -0.0450. The summed E-state index contributed by atoms with van der Waals surface area (Å²) in [7, 11) is 0. The van der Waals surface area contributed by atoms with Gasteiger partial charge in [0.25, 0.3) is 0 Å². The highest BCUT2D eigenvalue weighted by Gasteiger charge is 2.22. The molecule has 3 atom stereocenters. The van der Waals surface area contributed by atoms with E-state index in [0.29, 0.717) is 38.3 Å². The van der Waals surface area contributed by atoms with E-state index in [1.807, 2.05) is 0 Å². The third-order valence-corrected chi connectivity index (χ3v) is 3.52. The molecule has 1 aliphatic carbocycles. The van der Waals surface area contributed by atoms with Gasteiger partial charge in [0, 0.05) is 19.6 Å². The second-order valence-electron chi connectivity index (χ2n) is 5.28. The molecule has 0 spiro atoms. The van der Waals surface area contributed by atoms with Crippen molar-refractivity contribution in [1.29, 1.82) is 0 Å². The van der Waals surface area contributed by atoms with Gasteiger partial charge in [0.2, 0.25) is 0 Å². The molecule has 0 heterocycles. The van der Waals surface area contributed by atoms with E-state index in [1.165, 1.54) is 19.3 Å². The smallest absolute Gasteiger partial charge is 0.312 e. The molecule has 1 saturated carbocycles. The third kappa shape index (κ3) is 7.34. The number of nitrogens with one attached hydrogen (secondary N) is 2. The van der Waals surface area contributed by atoms with Gasteiger partial charge in [0.05, 0.1) is 18.8 Å².